The second kappa shape index (κ2) is 15.1. The van der Waals surface area contributed by atoms with Crippen molar-refractivity contribution in [3.63, 3.8) is 0 Å². The molecule has 0 spiro atoms. The van der Waals surface area contributed by atoms with Crippen molar-refractivity contribution >= 4 is 40.7 Å². The molecule has 0 atom stereocenters. The van der Waals surface area contributed by atoms with Gasteiger partial charge in [0.2, 0.25) is 0 Å². The van der Waals surface area contributed by atoms with Crippen molar-refractivity contribution in [1.82, 2.24) is 0 Å². The molecule has 0 radical (unpaired) electrons. The molecule has 50 heavy (non-hydrogen) atoms. The number of hydrogen-bond donors (Lipinski definition) is 0. The standard InChI is InChI=1S/C47H44N2O/c1-7-37-15-19-39(20-16-37)31-48(45-33(3)11-9-12-34(45)4)43-27-23-41(24-28-43)47(50)42-25-29-44(30-26-42)49(46-35(5)13-10-14-36(46)6)32-40-21-17-38(8-2)18-22-40/h7-30H,1-2,31-32H2,3-6H3. The maximum absolute atomic E-state index is 13.8. The lowest BCUT2D eigenvalue weighted by Crippen LogP contribution is -2.19. The van der Waals surface area contributed by atoms with Crippen LogP contribution < -0.4 is 9.80 Å². The van der Waals surface area contributed by atoms with Gasteiger partial charge in [-0.25, -0.2) is 0 Å². The lowest BCUT2D eigenvalue weighted by atomic mass is 10.0. The molecule has 6 aromatic rings. The van der Waals surface area contributed by atoms with Gasteiger partial charge in [-0.05, 0) is 121 Å². The Hall–Kier alpha value is -5.93. The zero-order valence-corrected chi connectivity index (χ0v) is 29.5. The number of carbonyl (C=O) groups is 1. The molecule has 0 aliphatic heterocycles. The minimum atomic E-state index is 0.000345. The Balaban J connectivity index is 1.28. The molecule has 248 valence electrons. The first-order chi connectivity index (χ1) is 24.2. The van der Waals surface area contributed by atoms with E-state index in [0.29, 0.717) is 24.2 Å². The van der Waals surface area contributed by atoms with Gasteiger partial charge in [-0.2, -0.15) is 0 Å². The predicted octanol–water partition coefficient (Wildman–Crippen LogP) is 12.1. The first-order valence-electron chi connectivity index (χ1n) is 17.1. The Morgan fingerprint density at radius 2 is 0.800 bits per heavy atom. The van der Waals surface area contributed by atoms with E-state index in [1.807, 2.05) is 36.4 Å². The van der Waals surface area contributed by atoms with Crippen LogP contribution in [0.1, 0.15) is 60.4 Å². The van der Waals surface area contributed by atoms with Crippen molar-refractivity contribution in [1.29, 1.82) is 0 Å². The van der Waals surface area contributed by atoms with Gasteiger partial charge in [0, 0.05) is 47.0 Å². The smallest absolute Gasteiger partial charge is 0.193 e. The molecule has 0 aromatic heterocycles. The van der Waals surface area contributed by atoms with Crippen LogP contribution in [0.2, 0.25) is 0 Å². The predicted molar refractivity (Wildman–Crippen MR) is 213 cm³/mol. The molecule has 0 heterocycles. The molecule has 0 amide bonds. The molecule has 0 aliphatic carbocycles. The van der Waals surface area contributed by atoms with Gasteiger partial charge in [-0.3, -0.25) is 4.79 Å². The highest BCUT2D eigenvalue weighted by molar-refractivity contribution is 6.09. The number of anilines is 4. The fourth-order valence-corrected chi connectivity index (χ4v) is 6.70. The second-order valence-corrected chi connectivity index (χ2v) is 13.0. The maximum atomic E-state index is 13.8. The third kappa shape index (κ3) is 7.38. The average Bonchev–Trinajstić information content (AvgIpc) is 3.14. The summed E-state index contributed by atoms with van der Waals surface area (Å²) in [6.07, 6.45) is 3.72. The van der Waals surface area contributed by atoms with Crippen LogP contribution in [0.15, 0.2) is 147 Å². The summed E-state index contributed by atoms with van der Waals surface area (Å²) in [5.41, 5.74) is 15.2. The molecule has 0 saturated carbocycles. The summed E-state index contributed by atoms with van der Waals surface area (Å²) >= 11 is 0. The molecule has 0 fully saturated rings. The van der Waals surface area contributed by atoms with Gasteiger partial charge in [0.15, 0.2) is 5.78 Å². The van der Waals surface area contributed by atoms with Crippen LogP contribution >= 0.6 is 0 Å². The number of aryl methyl sites for hydroxylation is 4. The van der Waals surface area contributed by atoms with Crippen LogP contribution in [0.25, 0.3) is 12.2 Å². The molecule has 6 rings (SSSR count). The van der Waals surface area contributed by atoms with Gasteiger partial charge in [-0.15, -0.1) is 0 Å². The quantitative estimate of drug-likeness (QED) is 0.123. The van der Waals surface area contributed by atoms with Gasteiger partial charge in [0.05, 0.1) is 0 Å². The topological polar surface area (TPSA) is 23.6 Å². The normalized spacial score (nSPS) is 10.8. The van der Waals surface area contributed by atoms with Crippen LogP contribution in [-0.2, 0) is 13.1 Å². The van der Waals surface area contributed by atoms with E-state index < -0.39 is 0 Å². The summed E-state index contributed by atoms with van der Waals surface area (Å²) in [7, 11) is 0. The summed E-state index contributed by atoms with van der Waals surface area (Å²) in [4.78, 5) is 18.5. The van der Waals surface area contributed by atoms with Crippen LogP contribution in [0.5, 0.6) is 0 Å². The van der Waals surface area contributed by atoms with E-state index in [2.05, 4.69) is 160 Å². The molecule has 0 aliphatic rings. The number of benzene rings is 6. The molecular formula is C47H44N2O. The lowest BCUT2D eigenvalue weighted by molar-refractivity contribution is 0.103. The number of rotatable bonds is 12. The van der Waals surface area contributed by atoms with Crippen LogP contribution in [0.4, 0.5) is 22.7 Å². The highest BCUT2D eigenvalue weighted by atomic mass is 16.1. The summed E-state index contributed by atoms with van der Waals surface area (Å²) in [5.74, 6) is 0.000345. The summed E-state index contributed by atoms with van der Waals surface area (Å²) in [6.45, 7) is 17.8. The minimum absolute atomic E-state index is 0.000345. The van der Waals surface area contributed by atoms with E-state index >= 15 is 0 Å². The largest absolute Gasteiger partial charge is 0.337 e. The third-order valence-corrected chi connectivity index (χ3v) is 9.41. The number of para-hydroxylation sites is 2. The molecule has 3 nitrogen and oxygen atoms in total. The molecule has 6 aromatic carbocycles. The molecule has 0 unspecified atom stereocenters. The Labute approximate surface area is 297 Å². The third-order valence-electron chi connectivity index (χ3n) is 9.41. The first-order valence-corrected chi connectivity index (χ1v) is 17.1. The number of ketones is 1. The lowest BCUT2D eigenvalue weighted by Gasteiger charge is -2.29. The van der Waals surface area contributed by atoms with Crippen molar-refractivity contribution in [2.24, 2.45) is 0 Å². The zero-order valence-electron chi connectivity index (χ0n) is 29.5. The second-order valence-electron chi connectivity index (χ2n) is 13.0. The SMILES string of the molecule is C=Cc1ccc(CN(c2ccc(C(=O)c3ccc(N(Cc4ccc(C=C)cc4)c4c(C)cccc4C)cc3)cc2)c2c(C)cccc2C)cc1. The number of hydrogen-bond acceptors (Lipinski definition) is 3. The molecule has 0 bridgehead atoms. The van der Waals surface area contributed by atoms with E-state index in [9.17, 15) is 4.79 Å². The van der Waals surface area contributed by atoms with E-state index in [4.69, 9.17) is 0 Å². The van der Waals surface area contributed by atoms with E-state index in [1.165, 1.54) is 44.8 Å². The van der Waals surface area contributed by atoms with Gasteiger partial charge >= 0.3 is 0 Å². The Morgan fingerprint density at radius 3 is 1.10 bits per heavy atom. The molecule has 0 N–H and O–H groups in total. The van der Waals surface area contributed by atoms with Gasteiger partial charge in [-0.1, -0.05) is 110 Å². The number of carbonyl (C=O) groups excluding carboxylic acids is 1. The van der Waals surface area contributed by atoms with E-state index in [0.717, 1.165) is 22.5 Å². The van der Waals surface area contributed by atoms with Gasteiger partial charge < -0.3 is 9.80 Å². The fourth-order valence-electron chi connectivity index (χ4n) is 6.70. The van der Waals surface area contributed by atoms with Crippen LogP contribution in [0.3, 0.4) is 0 Å². The van der Waals surface area contributed by atoms with Crippen LogP contribution in [0, 0.1) is 27.7 Å². The zero-order chi connectivity index (χ0) is 35.2. The Bertz CT molecular complexity index is 1930. The van der Waals surface area contributed by atoms with Crippen molar-refractivity contribution in [3.05, 3.63) is 202 Å². The van der Waals surface area contributed by atoms with Crippen molar-refractivity contribution in [3.8, 4) is 0 Å². The molecule has 3 heteroatoms. The first kappa shape index (κ1) is 34.0. The van der Waals surface area contributed by atoms with Gasteiger partial charge in [0.25, 0.3) is 0 Å². The summed E-state index contributed by atoms with van der Waals surface area (Å²) in [5, 5.41) is 0. The summed E-state index contributed by atoms with van der Waals surface area (Å²) in [6, 6.07) is 45.8. The highest BCUT2D eigenvalue weighted by Crippen LogP contribution is 2.35. The van der Waals surface area contributed by atoms with Crippen molar-refractivity contribution < 1.29 is 4.79 Å². The van der Waals surface area contributed by atoms with Gasteiger partial charge in [0.1, 0.15) is 0 Å². The molecule has 0 saturated heterocycles. The van der Waals surface area contributed by atoms with Crippen molar-refractivity contribution in [2.75, 3.05) is 9.80 Å². The average molecular weight is 653 g/mol. The fraction of sp³-hybridized carbons (Fsp3) is 0.128. The van der Waals surface area contributed by atoms with E-state index in [1.54, 1.807) is 0 Å². The maximum Gasteiger partial charge on any atom is 0.193 e. The highest BCUT2D eigenvalue weighted by Gasteiger charge is 2.19. The Morgan fingerprint density at radius 1 is 0.480 bits per heavy atom. The van der Waals surface area contributed by atoms with Crippen molar-refractivity contribution in [2.45, 2.75) is 40.8 Å². The van der Waals surface area contributed by atoms with Crippen LogP contribution in [-0.4, -0.2) is 5.78 Å². The molecular weight excluding hydrogens is 609 g/mol. The minimum Gasteiger partial charge on any atom is -0.337 e. The Kier molecular flexibility index (Phi) is 10.2. The monoisotopic (exact) mass is 652 g/mol. The summed E-state index contributed by atoms with van der Waals surface area (Å²) < 4.78 is 0. The van der Waals surface area contributed by atoms with E-state index in [-0.39, 0.29) is 5.78 Å². The number of nitrogens with zero attached hydrogens (tertiary/aromatic N) is 2.